The average Bonchev–Trinajstić information content (AvgIpc) is 2.99. The third-order valence-corrected chi connectivity index (χ3v) is 7.05. The summed E-state index contributed by atoms with van der Waals surface area (Å²) in [5.74, 6) is -2.15. The lowest BCUT2D eigenvalue weighted by atomic mass is 9.96. The first-order chi connectivity index (χ1) is 21.4. The van der Waals surface area contributed by atoms with Crippen LogP contribution in [0, 0.1) is 11.8 Å². The Morgan fingerprint density at radius 3 is 2.27 bits per heavy atom. The quantitative estimate of drug-likeness (QED) is 0.0762. The lowest BCUT2D eigenvalue weighted by Gasteiger charge is -2.36. The van der Waals surface area contributed by atoms with Gasteiger partial charge in [-0.05, 0) is 60.4 Å². The normalized spacial score (nSPS) is 13.2. The van der Waals surface area contributed by atoms with Gasteiger partial charge in [0.25, 0.3) is 5.91 Å². The van der Waals surface area contributed by atoms with Crippen LogP contribution in [0.4, 0.5) is 0 Å². The molecule has 3 atom stereocenters. The number of hydrogen-bond donors (Lipinski definition) is 5. The van der Waals surface area contributed by atoms with Crippen LogP contribution in [0.15, 0.2) is 65.9 Å². The number of rotatable bonds is 17. The van der Waals surface area contributed by atoms with Crippen molar-refractivity contribution in [3.05, 3.63) is 72.1 Å². The van der Waals surface area contributed by atoms with Crippen LogP contribution >= 0.6 is 0 Å². The van der Waals surface area contributed by atoms with Gasteiger partial charge in [-0.1, -0.05) is 58.0 Å². The smallest absolute Gasteiger partial charge is 0.252 e. The number of imide groups is 1. The van der Waals surface area contributed by atoms with Gasteiger partial charge in [0, 0.05) is 31.6 Å². The molecule has 0 unspecified atom stereocenters. The molecule has 0 saturated carbocycles. The molecule has 0 bridgehead atoms. The van der Waals surface area contributed by atoms with Gasteiger partial charge in [0.15, 0.2) is 5.96 Å². The number of benzene rings is 1. The second kappa shape index (κ2) is 18.9. The van der Waals surface area contributed by atoms with Crippen LogP contribution in [-0.2, 0) is 25.6 Å². The highest BCUT2D eigenvalue weighted by atomic mass is 16.2. The summed E-state index contributed by atoms with van der Waals surface area (Å²) in [4.78, 5) is 63.1. The standard InChI is InChI=1S/C33H48N8O4/c1-22(2)19-27(40-31(44)26(34)11-8-16-38-33(35)36)32(45)41(30(43)20-25-14-17-37-18-15-25)28(23(3)4)21-39-29(42)13-12-24-9-6-5-7-10-24/h5-7,9-10,12-15,17-18,22-23,26-28H,8,11,16,19-21,34H2,1-4H3,(H,39,42)(H,40,44)(H4,35,36,38)/b13-12+/t26-,27-,28+/m0/s1. The predicted octanol–water partition coefficient (Wildman–Crippen LogP) is 1.75. The summed E-state index contributed by atoms with van der Waals surface area (Å²) in [6.45, 7) is 7.93. The molecule has 2 rings (SSSR count). The van der Waals surface area contributed by atoms with Crippen molar-refractivity contribution in [2.24, 2.45) is 34.0 Å². The first-order valence-corrected chi connectivity index (χ1v) is 15.3. The third kappa shape index (κ3) is 13.3. The maximum Gasteiger partial charge on any atom is 0.252 e. The predicted molar refractivity (Wildman–Crippen MR) is 176 cm³/mol. The third-order valence-electron chi connectivity index (χ3n) is 7.05. The molecular formula is C33H48N8O4. The van der Waals surface area contributed by atoms with E-state index < -0.39 is 35.8 Å². The number of aliphatic imine (C=N–C) groups is 1. The number of amides is 4. The molecule has 0 fully saturated rings. The topological polar surface area (TPSA) is 199 Å². The molecule has 45 heavy (non-hydrogen) atoms. The molecule has 2 aromatic rings. The van der Waals surface area contributed by atoms with Crippen molar-refractivity contribution in [1.29, 1.82) is 0 Å². The van der Waals surface area contributed by atoms with E-state index >= 15 is 0 Å². The van der Waals surface area contributed by atoms with Gasteiger partial charge in [0.2, 0.25) is 17.7 Å². The van der Waals surface area contributed by atoms with Crippen LogP contribution in [0.1, 0.15) is 58.1 Å². The summed E-state index contributed by atoms with van der Waals surface area (Å²) in [6, 6.07) is 10.2. The van der Waals surface area contributed by atoms with Gasteiger partial charge in [-0.2, -0.15) is 0 Å². The molecule has 8 N–H and O–H groups in total. The zero-order valence-electron chi connectivity index (χ0n) is 26.7. The van der Waals surface area contributed by atoms with Crippen molar-refractivity contribution in [3.8, 4) is 0 Å². The maximum absolute atomic E-state index is 14.3. The highest BCUT2D eigenvalue weighted by Crippen LogP contribution is 2.18. The molecule has 1 heterocycles. The molecule has 0 spiro atoms. The molecule has 1 aromatic carbocycles. The Labute approximate surface area is 265 Å². The van der Waals surface area contributed by atoms with Crippen molar-refractivity contribution in [2.75, 3.05) is 13.1 Å². The fraction of sp³-hybridized carbons (Fsp3) is 0.455. The van der Waals surface area contributed by atoms with Gasteiger partial charge in [-0.25, -0.2) is 0 Å². The molecule has 0 aliphatic carbocycles. The lowest BCUT2D eigenvalue weighted by molar-refractivity contribution is -0.151. The van der Waals surface area contributed by atoms with Crippen LogP contribution in [0.3, 0.4) is 0 Å². The molecule has 0 aliphatic heterocycles. The lowest BCUT2D eigenvalue weighted by Crippen LogP contribution is -2.59. The van der Waals surface area contributed by atoms with Crippen LogP contribution in [0.25, 0.3) is 6.08 Å². The van der Waals surface area contributed by atoms with Gasteiger partial charge in [-0.3, -0.25) is 34.1 Å². The zero-order chi connectivity index (χ0) is 33.4. The van der Waals surface area contributed by atoms with Crippen LogP contribution in [-0.4, -0.2) is 70.7 Å². The number of nitrogens with one attached hydrogen (secondary N) is 2. The van der Waals surface area contributed by atoms with Crippen molar-refractivity contribution >= 4 is 35.7 Å². The summed E-state index contributed by atoms with van der Waals surface area (Å²) < 4.78 is 0. The number of nitrogens with zero attached hydrogens (tertiary/aromatic N) is 3. The molecule has 4 amide bonds. The monoisotopic (exact) mass is 620 g/mol. The number of pyridine rings is 1. The summed E-state index contributed by atoms with van der Waals surface area (Å²) in [5, 5.41) is 5.64. The van der Waals surface area contributed by atoms with Gasteiger partial charge >= 0.3 is 0 Å². The number of guanidine groups is 1. The largest absolute Gasteiger partial charge is 0.370 e. The van der Waals surface area contributed by atoms with E-state index in [-0.39, 0.29) is 43.1 Å². The van der Waals surface area contributed by atoms with Crippen molar-refractivity contribution in [1.82, 2.24) is 20.5 Å². The molecule has 0 aliphatic rings. The number of carbonyl (C=O) groups excluding carboxylic acids is 4. The summed E-state index contributed by atoms with van der Waals surface area (Å²) in [6.07, 6.45) is 7.23. The Bertz CT molecular complexity index is 1290. The first-order valence-electron chi connectivity index (χ1n) is 15.3. The fourth-order valence-corrected chi connectivity index (χ4v) is 4.65. The SMILES string of the molecule is CC(C)C[C@H](NC(=O)[C@@H](N)CCCN=C(N)N)C(=O)N(C(=O)Cc1ccncc1)[C@H](CNC(=O)/C=C/c1ccccc1)C(C)C. The Balaban J connectivity index is 2.32. The minimum Gasteiger partial charge on any atom is -0.370 e. The summed E-state index contributed by atoms with van der Waals surface area (Å²) >= 11 is 0. The van der Waals surface area contributed by atoms with E-state index in [9.17, 15) is 19.2 Å². The Hall–Kier alpha value is -4.58. The Morgan fingerprint density at radius 1 is 1.00 bits per heavy atom. The molecule has 0 radical (unpaired) electrons. The molecule has 244 valence electrons. The first kappa shape index (κ1) is 36.6. The highest BCUT2D eigenvalue weighted by Gasteiger charge is 2.37. The van der Waals surface area contributed by atoms with E-state index in [0.717, 1.165) is 5.56 Å². The highest BCUT2D eigenvalue weighted by molar-refractivity contribution is 6.01. The van der Waals surface area contributed by atoms with Crippen molar-refractivity contribution in [2.45, 2.75) is 71.5 Å². The zero-order valence-corrected chi connectivity index (χ0v) is 26.7. The van der Waals surface area contributed by atoms with E-state index in [4.69, 9.17) is 17.2 Å². The van der Waals surface area contributed by atoms with Gasteiger partial charge in [0.1, 0.15) is 6.04 Å². The van der Waals surface area contributed by atoms with Gasteiger partial charge in [0.05, 0.1) is 18.5 Å². The number of nitrogens with two attached hydrogens (primary N) is 3. The van der Waals surface area contributed by atoms with Crippen molar-refractivity contribution in [3.63, 3.8) is 0 Å². The van der Waals surface area contributed by atoms with Gasteiger partial charge < -0.3 is 27.8 Å². The van der Waals surface area contributed by atoms with Crippen LogP contribution in [0.2, 0.25) is 0 Å². The maximum atomic E-state index is 14.3. The molecule has 12 heteroatoms. The second-order valence-corrected chi connectivity index (χ2v) is 11.7. The minimum atomic E-state index is -1.02. The molecular weight excluding hydrogens is 572 g/mol. The van der Waals surface area contributed by atoms with E-state index in [0.29, 0.717) is 24.9 Å². The second-order valence-electron chi connectivity index (χ2n) is 11.7. The molecule has 0 saturated heterocycles. The minimum absolute atomic E-state index is 0.00909. The summed E-state index contributed by atoms with van der Waals surface area (Å²) in [5.41, 5.74) is 18.4. The van der Waals surface area contributed by atoms with Crippen molar-refractivity contribution < 1.29 is 19.2 Å². The Morgan fingerprint density at radius 2 is 1.67 bits per heavy atom. The fourth-order valence-electron chi connectivity index (χ4n) is 4.65. The summed E-state index contributed by atoms with van der Waals surface area (Å²) in [7, 11) is 0. The average molecular weight is 621 g/mol. The van der Waals surface area contributed by atoms with E-state index in [2.05, 4.69) is 20.6 Å². The Kier molecular flexibility index (Phi) is 15.4. The van der Waals surface area contributed by atoms with E-state index in [1.807, 2.05) is 58.0 Å². The van der Waals surface area contributed by atoms with E-state index in [1.165, 1.54) is 11.0 Å². The van der Waals surface area contributed by atoms with E-state index in [1.54, 1.807) is 30.6 Å². The molecule has 12 nitrogen and oxygen atoms in total. The molecule has 1 aromatic heterocycles. The van der Waals surface area contributed by atoms with Gasteiger partial charge in [-0.15, -0.1) is 0 Å². The van der Waals surface area contributed by atoms with Crippen LogP contribution in [0.5, 0.6) is 0 Å². The number of aromatic nitrogens is 1. The van der Waals surface area contributed by atoms with Crippen LogP contribution < -0.4 is 27.8 Å². The number of carbonyl (C=O) groups is 4. The number of hydrogen-bond acceptors (Lipinski definition) is 7.